The molecule has 1 atom stereocenters. The van der Waals surface area contributed by atoms with Gasteiger partial charge in [0.25, 0.3) is 0 Å². The number of rotatable bonds is 4. The maximum absolute atomic E-state index is 11.5. The maximum Gasteiger partial charge on any atom is 0.249 e. The summed E-state index contributed by atoms with van der Waals surface area (Å²) in [7, 11) is 0. The van der Waals surface area contributed by atoms with Gasteiger partial charge in [0, 0.05) is 19.1 Å². The molecule has 4 nitrogen and oxygen atoms in total. The Morgan fingerprint density at radius 2 is 2.00 bits per heavy atom. The van der Waals surface area contributed by atoms with Crippen LogP contribution in [-0.2, 0) is 9.53 Å². The molecule has 14 heavy (non-hydrogen) atoms. The summed E-state index contributed by atoms with van der Waals surface area (Å²) in [4.78, 5) is 11.5. The Labute approximate surface area is 85.4 Å². The smallest absolute Gasteiger partial charge is 0.249 e. The highest BCUT2D eigenvalue weighted by molar-refractivity contribution is 5.80. The van der Waals surface area contributed by atoms with E-state index >= 15 is 0 Å². The zero-order valence-electron chi connectivity index (χ0n) is 9.39. The van der Waals surface area contributed by atoms with E-state index < -0.39 is 0 Å². The van der Waals surface area contributed by atoms with E-state index in [1.165, 1.54) is 0 Å². The fraction of sp³-hybridized carbons (Fsp3) is 0.900. The highest BCUT2D eigenvalue weighted by atomic mass is 16.5. The molecule has 4 heteroatoms. The molecule has 0 aromatic carbocycles. The van der Waals surface area contributed by atoms with E-state index in [1.807, 2.05) is 20.8 Å². The van der Waals surface area contributed by atoms with Crippen LogP contribution in [0.2, 0.25) is 0 Å². The third kappa shape index (κ3) is 2.96. The van der Waals surface area contributed by atoms with Crippen LogP contribution in [0.1, 0.15) is 27.7 Å². The van der Waals surface area contributed by atoms with Gasteiger partial charge in [0.1, 0.15) is 6.10 Å². The summed E-state index contributed by atoms with van der Waals surface area (Å²) in [5.74, 6) is -0.0341. The Balaban J connectivity index is 2.33. The van der Waals surface area contributed by atoms with Crippen LogP contribution < -0.4 is 10.6 Å². The van der Waals surface area contributed by atoms with Gasteiger partial charge in [-0.2, -0.15) is 0 Å². The van der Waals surface area contributed by atoms with Gasteiger partial charge >= 0.3 is 0 Å². The molecule has 0 aromatic rings. The molecule has 1 fully saturated rings. The van der Waals surface area contributed by atoms with Crippen LogP contribution in [0.5, 0.6) is 0 Å². The molecule has 1 aliphatic heterocycles. The average molecular weight is 200 g/mol. The number of carbonyl (C=O) groups excluding carboxylic acids is 1. The van der Waals surface area contributed by atoms with Crippen LogP contribution in [-0.4, -0.2) is 36.7 Å². The van der Waals surface area contributed by atoms with Crippen molar-refractivity contribution in [1.29, 1.82) is 0 Å². The van der Waals surface area contributed by atoms with Gasteiger partial charge in [-0.05, 0) is 27.7 Å². The Hall–Kier alpha value is -0.610. The number of carbonyl (C=O) groups is 1. The number of nitrogens with one attached hydrogen (secondary N) is 2. The van der Waals surface area contributed by atoms with E-state index in [1.54, 1.807) is 6.92 Å². The molecule has 1 unspecified atom stereocenters. The quantitative estimate of drug-likeness (QED) is 0.685. The first kappa shape index (κ1) is 11.5. The number of ether oxygens (including phenoxy) is 1. The lowest BCUT2D eigenvalue weighted by Crippen LogP contribution is -2.61. The molecule has 0 radical (unpaired) electrons. The summed E-state index contributed by atoms with van der Waals surface area (Å²) in [5, 5.41) is 5.96. The highest BCUT2D eigenvalue weighted by Crippen LogP contribution is 2.17. The van der Waals surface area contributed by atoms with Crippen molar-refractivity contribution in [2.24, 2.45) is 0 Å². The zero-order chi connectivity index (χ0) is 10.8. The molecule has 0 bridgehead atoms. The van der Waals surface area contributed by atoms with Crippen molar-refractivity contribution in [3.8, 4) is 0 Å². The van der Waals surface area contributed by atoms with Crippen LogP contribution in [0.25, 0.3) is 0 Å². The summed E-state index contributed by atoms with van der Waals surface area (Å²) in [6.45, 7) is 9.34. The highest BCUT2D eigenvalue weighted by Gasteiger charge is 2.35. The molecule has 0 saturated carbocycles. The predicted molar refractivity (Wildman–Crippen MR) is 55.1 cm³/mol. The van der Waals surface area contributed by atoms with E-state index in [4.69, 9.17) is 4.74 Å². The Kier molecular flexibility index (Phi) is 3.50. The van der Waals surface area contributed by atoms with Crippen LogP contribution in [0, 0.1) is 0 Å². The van der Waals surface area contributed by atoms with Crippen molar-refractivity contribution < 1.29 is 9.53 Å². The summed E-state index contributed by atoms with van der Waals surface area (Å²) in [6, 6.07) is 0.167. The number of hydrogen-bond acceptors (Lipinski definition) is 3. The van der Waals surface area contributed by atoms with E-state index in [-0.39, 0.29) is 23.7 Å². The predicted octanol–water partition coefficient (Wildman–Crippen LogP) is 0.278. The van der Waals surface area contributed by atoms with Gasteiger partial charge in [-0.3, -0.25) is 4.79 Å². The second-order valence-corrected chi connectivity index (χ2v) is 4.48. The van der Waals surface area contributed by atoms with Crippen LogP contribution in [0.4, 0.5) is 0 Å². The van der Waals surface area contributed by atoms with Gasteiger partial charge in [-0.1, -0.05) is 0 Å². The van der Waals surface area contributed by atoms with Crippen molar-refractivity contribution in [1.82, 2.24) is 10.6 Å². The minimum atomic E-state index is -0.371. The van der Waals surface area contributed by atoms with Gasteiger partial charge in [0.15, 0.2) is 0 Å². The molecule has 0 aliphatic carbocycles. The zero-order valence-corrected chi connectivity index (χ0v) is 9.39. The topological polar surface area (TPSA) is 50.4 Å². The number of hydrogen-bond donors (Lipinski definition) is 2. The minimum absolute atomic E-state index is 0.0341. The second-order valence-electron chi connectivity index (χ2n) is 4.48. The minimum Gasteiger partial charge on any atom is -0.360 e. The fourth-order valence-electron chi connectivity index (χ4n) is 1.44. The largest absolute Gasteiger partial charge is 0.360 e. The third-order valence-electron chi connectivity index (χ3n) is 2.26. The lowest BCUT2D eigenvalue weighted by atomic mass is 10.00. The molecule has 0 aromatic heterocycles. The Morgan fingerprint density at radius 3 is 2.36 bits per heavy atom. The molecule has 1 amide bonds. The van der Waals surface area contributed by atoms with Crippen LogP contribution in [0.3, 0.4) is 0 Å². The maximum atomic E-state index is 11.5. The van der Waals surface area contributed by atoms with Gasteiger partial charge in [0.2, 0.25) is 5.91 Å². The Morgan fingerprint density at radius 1 is 1.43 bits per heavy atom. The fourth-order valence-corrected chi connectivity index (χ4v) is 1.44. The Bertz CT molecular complexity index is 212. The first-order valence-electron chi connectivity index (χ1n) is 5.12. The van der Waals surface area contributed by atoms with E-state index in [0.717, 1.165) is 13.1 Å². The second kappa shape index (κ2) is 4.28. The molecule has 0 spiro atoms. The lowest BCUT2D eigenvalue weighted by molar-refractivity contribution is -0.150. The summed E-state index contributed by atoms with van der Waals surface area (Å²) < 4.78 is 5.66. The lowest BCUT2D eigenvalue weighted by Gasteiger charge is -2.40. The average Bonchev–Trinajstić information content (AvgIpc) is 2.00. The van der Waals surface area contributed by atoms with Gasteiger partial charge in [-0.15, -0.1) is 0 Å². The van der Waals surface area contributed by atoms with Crippen molar-refractivity contribution in [3.05, 3.63) is 0 Å². The summed E-state index contributed by atoms with van der Waals surface area (Å²) in [5.41, 5.74) is -0.159. The third-order valence-corrected chi connectivity index (χ3v) is 2.26. The molecule has 1 saturated heterocycles. The monoisotopic (exact) mass is 200 g/mol. The van der Waals surface area contributed by atoms with Gasteiger partial charge in [-0.25, -0.2) is 0 Å². The molecule has 2 N–H and O–H groups in total. The SMILES string of the molecule is CC(C)NC(=O)C(C)OC1(C)CNC1. The van der Waals surface area contributed by atoms with Gasteiger partial charge < -0.3 is 15.4 Å². The first-order valence-corrected chi connectivity index (χ1v) is 5.12. The van der Waals surface area contributed by atoms with Crippen molar-refractivity contribution in [2.45, 2.75) is 45.4 Å². The molecular weight excluding hydrogens is 180 g/mol. The summed E-state index contributed by atoms with van der Waals surface area (Å²) in [6.07, 6.45) is -0.371. The van der Waals surface area contributed by atoms with E-state index in [0.29, 0.717) is 0 Å². The van der Waals surface area contributed by atoms with Gasteiger partial charge in [0.05, 0.1) is 5.60 Å². The van der Waals surface area contributed by atoms with Crippen molar-refractivity contribution >= 4 is 5.91 Å². The number of amides is 1. The van der Waals surface area contributed by atoms with Crippen molar-refractivity contribution in [2.75, 3.05) is 13.1 Å². The molecule has 1 rings (SSSR count). The molecular formula is C10H20N2O2. The van der Waals surface area contributed by atoms with Crippen LogP contribution in [0.15, 0.2) is 0 Å². The molecule has 1 aliphatic rings. The first-order chi connectivity index (χ1) is 6.43. The van der Waals surface area contributed by atoms with E-state index in [9.17, 15) is 4.79 Å². The summed E-state index contributed by atoms with van der Waals surface area (Å²) >= 11 is 0. The molecule has 82 valence electrons. The van der Waals surface area contributed by atoms with Crippen molar-refractivity contribution in [3.63, 3.8) is 0 Å². The van der Waals surface area contributed by atoms with Crippen LogP contribution >= 0.6 is 0 Å². The normalized spacial score (nSPS) is 21.5. The standard InChI is InChI=1S/C10H20N2O2/c1-7(2)12-9(13)8(3)14-10(4)5-11-6-10/h7-8,11H,5-6H2,1-4H3,(H,12,13). The van der Waals surface area contributed by atoms with E-state index in [2.05, 4.69) is 10.6 Å². The molecule has 1 heterocycles.